The summed E-state index contributed by atoms with van der Waals surface area (Å²) in [5, 5.41) is 2.86. The first-order valence-corrected chi connectivity index (χ1v) is 6.63. The smallest absolute Gasteiger partial charge is 0.253 e. The highest BCUT2D eigenvalue weighted by Crippen LogP contribution is 2.16. The van der Waals surface area contributed by atoms with Crippen molar-refractivity contribution in [3.8, 4) is 0 Å². The van der Waals surface area contributed by atoms with Gasteiger partial charge in [0.15, 0.2) is 0 Å². The zero-order valence-corrected chi connectivity index (χ0v) is 11.8. The van der Waals surface area contributed by atoms with Gasteiger partial charge >= 0.3 is 0 Å². The number of hydrogen-bond acceptors (Lipinski definition) is 4. The Labute approximate surface area is 119 Å². The normalized spacial score (nSPS) is 22.7. The van der Waals surface area contributed by atoms with Crippen molar-refractivity contribution in [2.75, 3.05) is 6.54 Å². The van der Waals surface area contributed by atoms with E-state index in [4.69, 9.17) is 18.0 Å². The van der Waals surface area contributed by atoms with Gasteiger partial charge in [-0.25, -0.2) is 5.43 Å². The molecule has 1 fully saturated rings. The van der Waals surface area contributed by atoms with Crippen LogP contribution in [0.4, 0.5) is 0 Å². The molecule has 1 aliphatic rings. The van der Waals surface area contributed by atoms with Gasteiger partial charge in [-0.05, 0) is 28.1 Å². The number of hydrogen-bond donors (Lipinski definition) is 4. The van der Waals surface area contributed by atoms with Crippen molar-refractivity contribution in [1.82, 2.24) is 16.2 Å². The average molecular weight is 329 g/mol. The molecule has 1 heterocycles. The molecule has 1 saturated heterocycles. The number of thiocarbonyl (C=S) groups is 1. The fraction of sp³-hybridized carbons (Fsp3) is 0.273. The Kier molecular flexibility index (Phi) is 4.28. The third-order valence-electron chi connectivity index (χ3n) is 2.75. The lowest BCUT2D eigenvalue weighted by atomic mass is 10.1. The van der Waals surface area contributed by atoms with Gasteiger partial charge in [0.1, 0.15) is 6.17 Å². The third-order valence-corrected chi connectivity index (χ3v) is 3.75. The molecular formula is C11H13BrN4OS. The topological polar surface area (TPSA) is 79.2 Å². The fourth-order valence-electron chi connectivity index (χ4n) is 1.76. The van der Waals surface area contributed by atoms with E-state index in [-0.39, 0.29) is 18.0 Å². The predicted octanol–water partition coefficient (Wildman–Crippen LogP) is 0.515. The molecule has 96 valence electrons. The van der Waals surface area contributed by atoms with Crippen molar-refractivity contribution in [1.29, 1.82) is 0 Å². The van der Waals surface area contributed by atoms with E-state index in [1.807, 2.05) is 18.2 Å². The Morgan fingerprint density at radius 3 is 2.89 bits per heavy atom. The lowest BCUT2D eigenvalue weighted by Crippen LogP contribution is -2.49. The van der Waals surface area contributed by atoms with Crippen LogP contribution in [-0.2, 0) is 0 Å². The quantitative estimate of drug-likeness (QED) is 0.608. The minimum atomic E-state index is -0.290. The number of nitrogens with one attached hydrogen (secondary N) is 3. The van der Waals surface area contributed by atoms with Crippen molar-refractivity contribution >= 4 is 39.0 Å². The van der Waals surface area contributed by atoms with Crippen molar-refractivity contribution in [3.05, 3.63) is 34.3 Å². The molecule has 0 radical (unpaired) electrons. The highest BCUT2D eigenvalue weighted by Gasteiger charge is 2.30. The van der Waals surface area contributed by atoms with E-state index >= 15 is 0 Å². The summed E-state index contributed by atoms with van der Waals surface area (Å²) in [6.07, 6.45) is -0.290. The first kappa shape index (κ1) is 13.4. The molecule has 0 saturated carbocycles. The monoisotopic (exact) mass is 328 g/mol. The number of rotatable bonds is 3. The summed E-state index contributed by atoms with van der Waals surface area (Å²) < 4.78 is 0.750. The Morgan fingerprint density at radius 1 is 1.50 bits per heavy atom. The van der Waals surface area contributed by atoms with Gasteiger partial charge in [-0.2, -0.15) is 0 Å². The standard InChI is InChI=1S/C11H13BrN4OS/c12-8-4-2-1-3-6(8)11(17)15-10-7(9(13)18)5-14-16-10/h1-4,7,10,14,16H,5H2,(H2,13,18)(H,15,17). The number of amides is 1. The molecule has 2 rings (SSSR count). The number of halogens is 1. The van der Waals surface area contributed by atoms with Crippen LogP contribution in [0.1, 0.15) is 10.4 Å². The molecule has 18 heavy (non-hydrogen) atoms. The van der Waals surface area contributed by atoms with E-state index in [1.165, 1.54) is 0 Å². The van der Waals surface area contributed by atoms with Crippen LogP contribution < -0.4 is 21.9 Å². The van der Waals surface area contributed by atoms with Gasteiger partial charge in [0.25, 0.3) is 5.91 Å². The Balaban J connectivity index is 2.08. The van der Waals surface area contributed by atoms with Crippen LogP contribution in [0, 0.1) is 5.92 Å². The molecule has 1 amide bonds. The maximum absolute atomic E-state index is 12.1. The molecule has 1 aromatic carbocycles. The molecule has 7 heteroatoms. The maximum Gasteiger partial charge on any atom is 0.253 e. The van der Waals surface area contributed by atoms with E-state index in [1.54, 1.807) is 6.07 Å². The maximum atomic E-state index is 12.1. The lowest BCUT2D eigenvalue weighted by molar-refractivity contribution is 0.0927. The summed E-state index contributed by atoms with van der Waals surface area (Å²) in [5.41, 5.74) is 12.1. The van der Waals surface area contributed by atoms with Crippen LogP contribution in [0.5, 0.6) is 0 Å². The second kappa shape index (κ2) is 5.75. The van der Waals surface area contributed by atoms with Crippen molar-refractivity contribution in [2.45, 2.75) is 6.17 Å². The molecule has 2 atom stereocenters. The highest BCUT2D eigenvalue weighted by molar-refractivity contribution is 9.10. The molecule has 0 aromatic heterocycles. The molecular weight excluding hydrogens is 316 g/mol. The van der Waals surface area contributed by atoms with Crippen LogP contribution in [0.15, 0.2) is 28.7 Å². The van der Waals surface area contributed by atoms with Crippen molar-refractivity contribution < 1.29 is 4.79 Å². The first-order valence-electron chi connectivity index (χ1n) is 5.42. The summed E-state index contributed by atoms with van der Waals surface area (Å²) >= 11 is 8.31. The zero-order chi connectivity index (χ0) is 13.1. The molecule has 0 spiro atoms. The summed E-state index contributed by atoms with van der Waals surface area (Å²) in [6, 6.07) is 7.23. The van der Waals surface area contributed by atoms with Gasteiger partial charge in [-0.1, -0.05) is 24.4 Å². The Hall–Kier alpha value is -1.02. The zero-order valence-electron chi connectivity index (χ0n) is 9.44. The van der Waals surface area contributed by atoms with Crippen LogP contribution in [0.2, 0.25) is 0 Å². The molecule has 5 nitrogen and oxygen atoms in total. The molecule has 0 aliphatic carbocycles. The van der Waals surface area contributed by atoms with E-state index in [0.717, 1.165) is 4.47 Å². The SMILES string of the molecule is NC(=S)C1CNNC1NC(=O)c1ccccc1Br. The van der Waals surface area contributed by atoms with Crippen molar-refractivity contribution in [3.63, 3.8) is 0 Å². The average Bonchev–Trinajstić information content (AvgIpc) is 2.77. The molecule has 2 unspecified atom stereocenters. The van der Waals surface area contributed by atoms with Crippen LogP contribution in [-0.4, -0.2) is 23.6 Å². The predicted molar refractivity (Wildman–Crippen MR) is 76.8 cm³/mol. The minimum Gasteiger partial charge on any atom is -0.393 e. The van der Waals surface area contributed by atoms with Gasteiger partial charge in [0.2, 0.25) is 0 Å². The van der Waals surface area contributed by atoms with Crippen LogP contribution in [0.3, 0.4) is 0 Å². The number of nitrogens with two attached hydrogens (primary N) is 1. The van der Waals surface area contributed by atoms with Gasteiger partial charge in [0, 0.05) is 11.0 Å². The molecule has 5 N–H and O–H groups in total. The second-order valence-electron chi connectivity index (χ2n) is 3.97. The molecule has 0 bridgehead atoms. The van der Waals surface area contributed by atoms with Gasteiger partial charge in [-0.3, -0.25) is 10.2 Å². The Morgan fingerprint density at radius 2 is 2.22 bits per heavy atom. The van der Waals surface area contributed by atoms with Crippen LogP contribution in [0.25, 0.3) is 0 Å². The van der Waals surface area contributed by atoms with Gasteiger partial charge < -0.3 is 11.1 Å². The second-order valence-corrected chi connectivity index (χ2v) is 5.29. The van der Waals surface area contributed by atoms with Crippen molar-refractivity contribution in [2.24, 2.45) is 11.7 Å². The van der Waals surface area contributed by atoms with E-state index < -0.39 is 0 Å². The fourth-order valence-corrected chi connectivity index (χ4v) is 2.45. The molecule has 1 aliphatic heterocycles. The van der Waals surface area contributed by atoms with E-state index in [9.17, 15) is 4.79 Å². The lowest BCUT2D eigenvalue weighted by Gasteiger charge is -2.19. The molecule has 1 aromatic rings. The van der Waals surface area contributed by atoms with E-state index in [2.05, 4.69) is 32.1 Å². The first-order chi connectivity index (χ1) is 8.59. The van der Waals surface area contributed by atoms with E-state index in [0.29, 0.717) is 17.1 Å². The summed E-state index contributed by atoms with van der Waals surface area (Å²) in [7, 11) is 0. The minimum absolute atomic E-state index is 0.0913. The highest BCUT2D eigenvalue weighted by atomic mass is 79.9. The number of benzene rings is 1. The Bertz CT molecular complexity index is 482. The summed E-state index contributed by atoms with van der Waals surface area (Å²) in [4.78, 5) is 12.5. The van der Waals surface area contributed by atoms with Gasteiger partial charge in [-0.15, -0.1) is 0 Å². The largest absolute Gasteiger partial charge is 0.393 e. The van der Waals surface area contributed by atoms with Crippen LogP contribution >= 0.6 is 28.1 Å². The summed E-state index contributed by atoms with van der Waals surface area (Å²) in [6.45, 7) is 0.607. The van der Waals surface area contributed by atoms with Gasteiger partial charge in [0.05, 0.1) is 16.5 Å². The summed E-state index contributed by atoms with van der Waals surface area (Å²) in [5.74, 6) is -0.267. The number of carbonyl (C=O) groups is 1. The third kappa shape index (κ3) is 2.86. The number of carbonyl (C=O) groups excluding carboxylic acids is 1. The number of hydrazine groups is 1.